The maximum Gasteiger partial charge on any atom is 0.410 e. The van der Waals surface area contributed by atoms with E-state index in [0.717, 1.165) is 24.7 Å². The minimum Gasteiger partial charge on any atom is -0.493 e. The summed E-state index contributed by atoms with van der Waals surface area (Å²) in [5.41, 5.74) is 2.65. The minimum atomic E-state index is -0.926. The summed E-state index contributed by atoms with van der Waals surface area (Å²) >= 11 is 6.14. The molecule has 0 radical (unpaired) electrons. The number of ether oxygens (including phenoxy) is 3. The Kier molecular flexibility index (Phi) is 8.83. The standard InChI is InChI=1S/C31H34ClNO6/c1-31(2,3)39-30(36)33(18-27(35)22-6-5-7-24(32)15-22)25-11-9-21-10-12-26(17-23(21)16-25)38-29-14-20(19-34)8-13-28(29)37-4/h5-8,10,12-15,17,19,25,27,35H,9,11,16,18H2,1-4H3/t25-,27-/m0/s1. The molecule has 8 heteroatoms. The van der Waals surface area contributed by atoms with Crippen molar-refractivity contribution in [2.75, 3.05) is 13.7 Å². The van der Waals surface area contributed by atoms with Crippen LogP contribution in [0.4, 0.5) is 4.79 Å². The number of methoxy groups -OCH3 is 1. The van der Waals surface area contributed by atoms with Crippen LogP contribution in [0, 0.1) is 0 Å². The maximum absolute atomic E-state index is 13.3. The molecule has 39 heavy (non-hydrogen) atoms. The second kappa shape index (κ2) is 12.1. The van der Waals surface area contributed by atoms with Gasteiger partial charge in [-0.15, -0.1) is 0 Å². The van der Waals surface area contributed by atoms with Gasteiger partial charge in [0.15, 0.2) is 11.5 Å². The third kappa shape index (κ3) is 7.31. The third-order valence-corrected chi connectivity index (χ3v) is 6.84. The zero-order valence-corrected chi connectivity index (χ0v) is 23.4. The Bertz CT molecular complexity index is 1330. The number of aliphatic hydroxyl groups is 1. The average molecular weight is 552 g/mol. The van der Waals surface area contributed by atoms with Crippen LogP contribution in [0.5, 0.6) is 17.2 Å². The topological polar surface area (TPSA) is 85.3 Å². The molecule has 3 aromatic rings. The van der Waals surface area contributed by atoms with Crippen LogP contribution in [0.3, 0.4) is 0 Å². The van der Waals surface area contributed by atoms with Gasteiger partial charge in [0.05, 0.1) is 19.8 Å². The molecular formula is C31H34ClNO6. The molecule has 3 aromatic carbocycles. The van der Waals surface area contributed by atoms with Gasteiger partial charge in [-0.3, -0.25) is 4.79 Å². The van der Waals surface area contributed by atoms with Crippen molar-refractivity contribution in [3.05, 3.63) is 87.9 Å². The lowest BCUT2D eigenvalue weighted by Gasteiger charge is -2.37. The number of hydrogen-bond donors (Lipinski definition) is 1. The van der Waals surface area contributed by atoms with E-state index in [1.165, 1.54) is 5.56 Å². The number of fused-ring (bicyclic) bond motifs is 1. The number of aldehydes is 1. The fourth-order valence-electron chi connectivity index (χ4n) is 4.72. The summed E-state index contributed by atoms with van der Waals surface area (Å²) in [4.78, 5) is 26.2. The summed E-state index contributed by atoms with van der Waals surface area (Å²) in [6.07, 6.45) is 1.41. The molecule has 0 saturated heterocycles. The Morgan fingerprint density at radius 3 is 2.59 bits per heavy atom. The monoisotopic (exact) mass is 551 g/mol. The molecule has 0 saturated carbocycles. The first kappa shape index (κ1) is 28.5. The van der Waals surface area contributed by atoms with Gasteiger partial charge < -0.3 is 24.2 Å². The second-order valence-electron chi connectivity index (χ2n) is 10.7. The predicted octanol–water partition coefficient (Wildman–Crippen LogP) is 6.78. The van der Waals surface area contributed by atoms with E-state index < -0.39 is 17.8 Å². The van der Waals surface area contributed by atoms with Crippen LogP contribution in [-0.2, 0) is 17.6 Å². The van der Waals surface area contributed by atoms with Crippen LogP contribution < -0.4 is 9.47 Å². The number of aliphatic hydroxyl groups excluding tert-OH is 1. The average Bonchev–Trinajstić information content (AvgIpc) is 2.90. The molecule has 1 aliphatic carbocycles. The van der Waals surface area contributed by atoms with Gasteiger partial charge in [0, 0.05) is 16.6 Å². The number of aryl methyl sites for hydroxylation is 1. The van der Waals surface area contributed by atoms with Gasteiger partial charge >= 0.3 is 6.09 Å². The fraction of sp³-hybridized carbons (Fsp3) is 0.355. The first-order chi connectivity index (χ1) is 18.6. The predicted molar refractivity (Wildman–Crippen MR) is 150 cm³/mol. The Morgan fingerprint density at radius 1 is 1.10 bits per heavy atom. The zero-order valence-electron chi connectivity index (χ0n) is 22.6. The van der Waals surface area contributed by atoms with Crippen molar-refractivity contribution in [3.8, 4) is 17.2 Å². The van der Waals surface area contributed by atoms with Crippen LogP contribution in [0.15, 0.2) is 60.7 Å². The Balaban J connectivity index is 1.58. The van der Waals surface area contributed by atoms with E-state index in [2.05, 4.69) is 0 Å². The van der Waals surface area contributed by atoms with Gasteiger partial charge in [0.1, 0.15) is 17.6 Å². The largest absolute Gasteiger partial charge is 0.493 e. The number of amides is 1. The molecular weight excluding hydrogens is 518 g/mol. The normalized spacial score (nSPS) is 15.6. The van der Waals surface area contributed by atoms with Crippen molar-refractivity contribution in [2.24, 2.45) is 0 Å². The molecule has 206 valence electrons. The Labute approximate surface area is 234 Å². The van der Waals surface area contributed by atoms with Crippen LogP contribution >= 0.6 is 11.6 Å². The van der Waals surface area contributed by atoms with E-state index in [1.54, 1.807) is 54.5 Å². The van der Waals surface area contributed by atoms with Crippen molar-refractivity contribution in [1.29, 1.82) is 0 Å². The molecule has 0 heterocycles. The van der Waals surface area contributed by atoms with E-state index in [0.29, 0.717) is 39.8 Å². The van der Waals surface area contributed by atoms with E-state index >= 15 is 0 Å². The lowest BCUT2D eigenvalue weighted by atomic mass is 9.87. The first-order valence-corrected chi connectivity index (χ1v) is 13.3. The molecule has 1 aliphatic rings. The molecule has 1 N–H and O–H groups in total. The van der Waals surface area contributed by atoms with E-state index in [9.17, 15) is 14.7 Å². The lowest BCUT2D eigenvalue weighted by molar-refractivity contribution is 0.00195. The van der Waals surface area contributed by atoms with Crippen molar-refractivity contribution in [3.63, 3.8) is 0 Å². The molecule has 1 amide bonds. The van der Waals surface area contributed by atoms with Gasteiger partial charge in [-0.25, -0.2) is 4.79 Å². The lowest BCUT2D eigenvalue weighted by Crippen LogP contribution is -2.47. The number of carbonyl (C=O) groups excluding carboxylic acids is 2. The summed E-state index contributed by atoms with van der Waals surface area (Å²) < 4.78 is 17.2. The summed E-state index contributed by atoms with van der Waals surface area (Å²) in [5.74, 6) is 1.55. The SMILES string of the molecule is COc1ccc(C=O)cc1Oc1ccc2c(c1)C[C@@H](N(C[C@H](O)c1cccc(Cl)c1)C(=O)OC(C)(C)C)CC2. The quantitative estimate of drug-likeness (QED) is 0.310. The smallest absolute Gasteiger partial charge is 0.410 e. The molecule has 7 nitrogen and oxygen atoms in total. The van der Waals surface area contributed by atoms with Gasteiger partial charge in [-0.2, -0.15) is 0 Å². The summed E-state index contributed by atoms with van der Waals surface area (Å²) in [5, 5.41) is 11.5. The Hall–Kier alpha value is -3.55. The molecule has 0 bridgehead atoms. The van der Waals surface area contributed by atoms with Crippen LogP contribution in [0.25, 0.3) is 0 Å². The van der Waals surface area contributed by atoms with Crippen molar-refractivity contribution in [2.45, 2.75) is 57.8 Å². The minimum absolute atomic E-state index is 0.0706. The summed E-state index contributed by atoms with van der Waals surface area (Å²) in [6.45, 7) is 5.54. The fourth-order valence-corrected chi connectivity index (χ4v) is 4.91. The molecule has 0 unspecified atom stereocenters. The molecule has 4 rings (SSSR count). The molecule has 0 aromatic heterocycles. The number of benzene rings is 3. The second-order valence-corrected chi connectivity index (χ2v) is 11.1. The number of rotatable bonds is 8. The van der Waals surface area contributed by atoms with Crippen LogP contribution in [0.1, 0.15) is 60.3 Å². The highest BCUT2D eigenvalue weighted by Crippen LogP contribution is 2.35. The molecule has 0 fully saturated rings. The van der Waals surface area contributed by atoms with Gasteiger partial charge in [-0.05, 0) is 99.2 Å². The summed E-state index contributed by atoms with van der Waals surface area (Å²) in [6, 6.07) is 17.7. The van der Waals surface area contributed by atoms with Crippen molar-refractivity contribution in [1.82, 2.24) is 4.90 Å². The van der Waals surface area contributed by atoms with Gasteiger partial charge in [0.2, 0.25) is 0 Å². The van der Waals surface area contributed by atoms with Crippen molar-refractivity contribution < 1.29 is 28.9 Å². The van der Waals surface area contributed by atoms with Crippen molar-refractivity contribution >= 4 is 24.0 Å². The molecule has 2 atom stereocenters. The Morgan fingerprint density at radius 2 is 1.90 bits per heavy atom. The molecule has 0 spiro atoms. The van der Waals surface area contributed by atoms with E-state index in [4.69, 9.17) is 25.8 Å². The van der Waals surface area contributed by atoms with Crippen LogP contribution in [-0.4, -0.2) is 47.7 Å². The first-order valence-electron chi connectivity index (χ1n) is 12.9. The van der Waals surface area contributed by atoms with E-state index in [1.807, 2.05) is 39.0 Å². The van der Waals surface area contributed by atoms with Gasteiger partial charge in [0.25, 0.3) is 0 Å². The zero-order chi connectivity index (χ0) is 28.2. The highest BCUT2D eigenvalue weighted by Gasteiger charge is 2.33. The number of halogens is 1. The highest BCUT2D eigenvalue weighted by molar-refractivity contribution is 6.30. The molecule has 0 aliphatic heterocycles. The number of hydrogen-bond acceptors (Lipinski definition) is 6. The third-order valence-electron chi connectivity index (χ3n) is 6.60. The maximum atomic E-state index is 13.3. The summed E-state index contributed by atoms with van der Waals surface area (Å²) in [7, 11) is 1.54. The number of nitrogens with zero attached hydrogens (tertiary/aromatic N) is 1. The van der Waals surface area contributed by atoms with E-state index in [-0.39, 0.29) is 12.6 Å². The highest BCUT2D eigenvalue weighted by atomic mass is 35.5. The van der Waals surface area contributed by atoms with Crippen LogP contribution in [0.2, 0.25) is 5.02 Å². The van der Waals surface area contributed by atoms with Gasteiger partial charge in [-0.1, -0.05) is 29.8 Å². The number of carbonyl (C=O) groups is 2.